The quantitative estimate of drug-likeness (QED) is 0.840. The summed E-state index contributed by atoms with van der Waals surface area (Å²) in [6.07, 6.45) is 2.49. The first-order valence-electron chi connectivity index (χ1n) is 7.25. The van der Waals surface area contributed by atoms with Crippen LogP contribution in [0.1, 0.15) is 38.7 Å². The maximum atomic E-state index is 9.30. The fourth-order valence-electron chi connectivity index (χ4n) is 3.11. The molecule has 0 unspecified atom stereocenters. The van der Waals surface area contributed by atoms with Gasteiger partial charge in [-0.05, 0) is 24.8 Å². The molecule has 0 saturated carbocycles. The normalized spacial score (nSPS) is 26.2. The van der Waals surface area contributed by atoms with Gasteiger partial charge in [-0.2, -0.15) is 5.26 Å². The van der Waals surface area contributed by atoms with Crippen LogP contribution in [0.5, 0.6) is 5.75 Å². The predicted octanol–water partition coefficient (Wildman–Crippen LogP) is 3.68. The minimum Gasteiger partial charge on any atom is -0.496 e. The fraction of sp³-hybridized carbons (Fsp3) is 0.588. The number of ether oxygens (including phenoxy) is 2. The lowest BCUT2D eigenvalue weighted by atomic mass is 9.68. The zero-order chi connectivity index (χ0) is 14.6. The molecule has 1 aliphatic heterocycles. The van der Waals surface area contributed by atoms with Gasteiger partial charge >= 0.3 is 0 Å². The summed E-state index contributed by atoms with van der Waals surface area (Å²) in [6.45, 7) is 5.06. The minimum atomic E-state index is -0.144. The number of hydrogen-bond donors (Lipinski definition) is 0. The second-order valence-corrected chi connectivity index (χ2v) is 5.92. The number of methoxy groups -OCH3 is 1. The van der Waals surface area contributed by atoms with E-state index in [9.17, 15) is 5.26 Å². The summed E-state index contributed by atoms with van der Waals surface area (Å²) in [4.78, 5) is 0. The van der Waals surface area contributed by atoms with Crippen LogP contribution in [0, 0.1) is 17.2 Å². The second-order valence-electron chi connectivity index (χ2n) is 5.92. The van der Waals surface area contributed by atoms with Gasteiger partial charge in [-0.3, -0.25) is 0 Å². The highest BCUT2D eigenvalue weighted by molar-refractivity contribution is 5.41. The Hall–Kier alpha value is -1.53. The van der Waals surface area contributed by atoms with Gasteiger partial charge < -0.3 is 9.47 Å². The zero-order valence-electron chi connectivity index (χ0n) is 12.6. The van der Waals surface area contributed by atoms with Crippen LogP contribution in [0.25, 0.3) is 0 Å². The van der Waals surface area contributed by atoms with Crippen LogP contribution in [0.15, 0.2) is 24.3 Å². The molecule has 1 fully saturated rings. The average Bonchev–Trinajstić information content (AvgIpc) is 2.47. The number of para-hydroxylation sites is 1. The standard InChI is InChI=1S/C17H23NO2/c1-13(2)16-12-17(8-10-18,9-11-20-16)14-6-4-5-7-15(14)19-3/h4-7,13,16H,8-9,11-12H2,1-3H3/t16-,17-/m0/s1. The molecule has 0 bridgehead atoms. The molecule has 1 aromatic rings. The maximum absolute atomic E-state index is 9.30. The molecular formula is C17H23NO2. The van der Waals surface area contributed by atoms with Crippen molar-refractivity contribution >= 4 is 0 Å². The van der Waals surface area contributed by atoms with E-state index < -0.39 is 0 Å². The highest BCUT2D eigenvalue weighted by Gasteiger charge is 2.41. The van der Waals surface area contributed by atoms with E-state index in [0.29, 0.717) is 18.9 Å². The number of rotatable bonds is 4. The fourth-order valence-corrected chi connectivity index (χ4v) is 3.11. The number of hydrogen-bond acceptors (Lipinski definition) is 3. The van der Waals surface area contributed by atoms with Crippen molar-refractivity contribution in [1.82, 2.24) is 0 Å². The molecule has 0 amide bonds. The third kappa shape index (κ3) is 2.81. The van der Waals surface area contributed by atoms with Crippen molar-refractivity contribution in [3.63, 3.8) is 0 Å². The molecule has 2 rings (SSSR count). The molecule has 0 spiro atoms. The second kappa shape index (κ2) is 6.28. The van der Waals surface area contributed by atoms with E-state index in [1.807, 2.05) is 18.2 Å². The third-order valence-corrected chi connectivity index (χ3v) is 4.34. The Kier molecular flexibility index (Phi) is 4.67. The van der Waals surface area contributed by atoms with Crippen molar-refractivity contribution in [3.8, 4) is 11.8 Å². The monoisotopic (exact) mass is 273 g/mol. The van der Waals surface area contributed by atoms with Crippen LogP contribution in [0.2, 0.25) is 0 Å². The summed E-state index contributed by atoms with van der Waals surface area (Å²) in [5.41, 5.74) is 1.01. The maximum Gasteiger partial charge on any atom is 0.122 e. The summed E-state index contributed by atoms with van der Waals surface area (Å²) in [6, 6.07) is 10.5. The van der Waals surface area contributed by atoms with Crippen molar-refractivity contribution in [2.45, 2.75) is 44.6 Å². The molecule has 1 saturated heterocycles. The van der Waals surface area contributed by atoms with Crippen LogP contribution in [0.4, 0.5) is 0 Å². The van der Waals surface area contributed by atoms with E-state index in [2.05, 4.69) is 26.0 Å². The van der Waals surface area contributed by atoms with Crippen molar-refractivity contribution < 1.29 is 9.47 Å². The SMILES string of the molecule is COc1ccccc1[C@@]1(CC#N)CCO[C@H](C(C)C)C1. The zero-order valence-corrected chi connectivity index (χ0v) is 12.6. The molecule has 3 heteroatoms. The Bertz CT molecular complexity index is 492. The van der Waals surface area contributed by atoms with Gasteiger partial charge in [0.2, 0.25) is 0 Å². The molecule has 20 heavy (non-hydrogen) atoms. The summed E-state index contributed by atoms with van der Waals surface area (Å²) >= 11 is 0. The van der Waals surface area contributed by atoms with E-state index in [0.717, 1.165) is 24.2 Å². The van der Waals surface area contributed by atoms with Crippen molar-refractivity contribution in [3.05, 3.63) is 29.8 Å². The minimum absolute atomic E-state index is 0.144. The third-order valence-electron chi connectivity index (χ3n) is 4.34. The van der Waals surface area contributed by atoms with Gasteiger partial charge in [0.15, 0.2) is 0 Å². The number of nitrogens with zero attached hydrogens (tertiary/aromatic N) is 1. The Morgan fingerprint density at radius 2 is 2.20 bits per heavy atom. The van der Waals surface area contributed by atoms with Crippen molar-refractivity contribution in [1.29, 1.82) is 5.26 Å². The molecule has 0 aliphatic carbocycles. The van der Waals surface area contributed by atoms with Crippen molar-refractivity contribution in [2.75, 3.05) is 13.7 Å². The summed E-state index contributed by atoms with van der Waals surface area (Å²) < 4.78 is 11.4. The molecule has 1 heterocycles. The summed E-state index contributed by atoms with van der Waals surface area (Å²) in [5, 5.41) is 9.30. The molecule has 108 valence electrons. The van der Waals surface area contributed by atoms with E-state index in [1.165, 1.54) is 0 Å². The highest BCUT2D eigenvalue weighted by atomic mass is 16.5. The first-order chi connectivity index (χ1) is 9.63. The average molecular weight is 273 g/mol. The van der Waals surface area contributed by atoms with Crippen LogP contribution < -0.4 is 4.74 Å². The van der Waals surface area contributed by atoms with Gasteiger partial charge in [-0.15, -0.1) is 0 Å². The number of nitriles is 1. The van der Waals surface area contributed by atoms with Gasteiger partial charge in [-0.1, -0.05) is 32.0 Å². The molecular weight excluding hydrogens is 250 g/mol. The lowest BCUT2D eigenvalue weighted by molar-refractivity contribution is -0.0445. The van der Waals surface area contributed by atoms with Gasteiger partial charge in [0, 0.05) is 24.0 Å². The molecule has 0 N–H and O–H groups in total. The molecule has 0 radical (unpaired) electrons. The Morgan fingerprint density at radius 3 is 2.85 bits per heavy atom. The lowest BCUT2D eigenvalue weighted by Crippen LogP contribution is -2.41. The van der Waals surface area contributed by atoms with Crippen molar-refractivity contribution in [2.24, 2.45) is 5.92 Å². The summed E-state index contributed by atoms with van der Waals surface area (Å²) in [5.74, 6) is 1.34. The van der Waals surface area contributed by atoms with E-state index in [-0.39, 0.29) is 11.5 Å². The van der Waals surface area contributed by atoms with Gasteiger partial charge in [-0.25, -0.2) is 0 Å². The molecule has 3 nitrogen and oxygen atoms in total. The van der Waals surface area contributed by atoms with Crippen LogP contribution >= 0.6 is 0 Å². The molecule has 1 aliphatic rings. The van der Waals surface area contributed by atoms with E-state index in [1.54, 1.807) is 7.11 Å². The van der Waals surface area contributed by atoms with Gasteiger partial charge in [0.05, 0.1) is 19.3 Å². The topological polar surface area (TPSA) is 42.2 Å². The van der Waals surface area contributed by atoms with Crippen LogP contribution in [-0.4, -0.2) is 19.8 Å². The number of benzene rings is 1. The van der Waals surface area contributed by atoms with Gasteiger partial charge in [0.25, 0.3) is 0 Å². The largest absolute Gasteiger partial charge is 0.496 e. The summed E-state index contributed by atoms with van der Waals surface area (Å²) in [7, 11) is 1.69. The van der Waals surface area contributed by atoms with Crippen LogP contribution in [0.3, 0.4) is 0 Å². The van der Waals surface area contributed by atoms with Gasteiger partial charge in [0.1, 0.15) is 5.75 Å². The van der Waals surface area contributed by atoms with Crippen LogP contribution in [-0.2, 0) is 10.2 Å². The highest BCUT2D eigenvalue weighted by Crippen LogP contribution is 2.44. The Balaban J connectivity index is 2.41. The molecule has 1 aromatic carbocycles. The smallest absolute Gasteiger partial charge is 0.122 e. The Labute approximate surface area is 121 Å². The first-order valence-corrected chi connectivity index (χ1v) is 7.25. The predicted molar refractivity (Wildman–Crippen MR) is 78.7 cm³/mol. The molecule has 2 atom stereocenters. The first kappa shape index (κ1) is 14.9. The Morgan fingerprint density at radius 1 is 1.45 bits per heavy atom. The molecule has 0 aromatic heterocycles. The lowest BCUT2D eigenvalue weighted by Gasteiger charge is -2.42. The van der Waals surface area contributed by atoms with E-state index in [4.69, 9.17) is 9.47 Å². The van der Waals surface area contributed by atoms with E-state index >= 15 is 0 Å².